The largest absolute Gasteiger partial charge is 0.377 e. The van der Waals surface area contributed by atoms with Gasteiger partial charge in [-0.05, 0) is 27.2 Å². The van der Waals surface area contributed by atoms with Crippen molar-refractivity contribution in [3.05, 3.63) is 0 Å². The normalized spacial score (nSPS) is 27.5. The molecular formula is C10H21NO3S. The number of hydrogen-bond acceptors (Lipinski definition) is 4. The van der Waals surface area contributed by atoms with Gasteiger partial charge in [0, 0.05) is 19.2 Å². The molecule has 0 aromatic carbocycles. The van der Waals surface area contributed by atoms with Crippen LogP contribution >= 0.6 is 0 Å². The van der Waals surface area contributed by atoms with E-state index < -0.39 is 9.84 Å². The van der Waals surface area contributed by atoms with Gasteiger partial charge in [0.15, 0.2) is 9.84 Å². The van der Waals surface area contributed by atoms with Crippen LogP contribution < -0.4 is 5.32 Å². The summed E-state index contributed by atoms with van der Waals surface area (Å²) >= 11 is 0. The summed E-state index contributed by atoms with van der Waals surface area (Å²) in [5.41, 5.74) is 0. The summed E-state index contributed by atoms with van der Waals surface area (Å²) in [6.07, 6.45) is 1.18. The third kappa shape index (κ3) is 3.74. The molecule has 90 valence electrons. The Morgan fingerprint density at radius 2 is 2.13 bits per heavy atom. The van der Waals surface area contributed by atoms with Crippen LogP contribution in [0.4, 0.5) is 0 Å². The predicted molar refractivity (Wildman–Crippen MR) is 60.7 cm³/mol. The Hall–Kier alpha value is -0.130. The highest BCUT2D eigenvalue weighted by atomic mass is 32.2. The minimum absolute atomic E-state index is 0.201. The number of hydrogen-bond donors (Lipinski definition) is 1. The van der Waals surface area contributed by atoms with Crippen molar-refractivity contribution in [3.63, 3.8) is 0 Å². The van der Waals surface area contributed by atoms with Crippen LogP contribution in [0.5, 0.6) is 0 Å². The molecule has 1 aliphatic rings. The summed E-state index contributed by atoms with van der Waals surface area (Å²) in [6.45, 7) is 6.75. The number of nitrogens with one attached hydrogen (secondary N) is 1. The van der Waals surface area contributed by atoms with Crippen molar-refractivity contribution in [3.8, 4) is 0 Å². The second-order valence-corrected chi connectivity index (χ2v) is 7.02. The maximum atomic E-state index is 11.5. The zero-order chi connectivity index (χ0) is 11.5. The Bertz CT molecular complexity index is 287. The highest BCUT2D eigenvalue weighted by Crippen LogP contribution is 2.12. The van der Waals surface area contributed by atoms with Gasteiger partial charge >= 0.3 is 0 Å². The van der Waals surface area contributed by atoms with E-state index in [-0.39, 0.29) is 17.1 Å². The van der Waals surface area contributed by atoms with Gasteiger partial charge in [0.2, 0.25) is 0 Å². The second-order valence-electron chi connectivity index (χ2n) is 4.34. The van der Waals surface area contributed by atoms with Crippen molar-refractivity contribution >= 4 is 9.84 Å². The smallest absolute Gasteiger partial charge is 0.153 e. The average Bonchev–Trinajstić information content (AvgIpc) is 2.51. The minimum atomic E-state index is -2.91. The van der Waals surface area contributed by atoms with Crippen LogP contribution in [-0.2, 0) is 14.6 Å². The molecular weight excluding hydrogens is 214 g/mol. The monoisotopic (exact) mass is 235 g/mol. The fourth-order valence-electron chi connectivity index (χ4n) is 1.62. The van der Waals surface area contributed by atoms with Gasteiger partial charge in [-0.25, -0.2) is 8.42 Å². The van der Waals surface area contributed by atoms with Gasteiger partial charge in [-0.2, -0.15) is 0 Å². The quantitative estimate of drug-likeness (QED) is 0.757. The van der Waals surface area contributed by atoms with E-state index in [1.807, 2.05) is 6.92 Å². The second kappa shape index (κ2) is 5.27. The SMILES string of the molecule is CC1OCCC1NCCS(=O)(=O)C(C)C. The number of ether oxygens (including phenoxy) is 1. The standard InChI is InChI=1S/C10H21NO3S/c1-8(2)15(12,13)7-5-11-10-4-6-14-9(10)3/h8-11H,4-7H2,1-3H3. The summed E-state index contributed by atoms with van der Waals surface area (Å²) in [5.74, 6) is 0.216. The van der Waals surface area contributed by atoms with Crippen molar-refractivity contribution < 1.29 is 13.2 Å². The first kappa shape index (κ1) is 12.9. The van der Waals surface area contributed by atoms with Crippen LogP contribution in [0, 0.1) is 0 Å². The highest BCUT2D eigenvalue weighted by Gasteiger charge is 2.24. The van der Waals surface area contributed by atoms with E-state index in [0.29, 0.717) is 12.6 Å². The molecule has 1 rings (SSSR count). The molecule has 1 N–H and O–H groups in total. The molecule has 5 heteroatoms. The van der Waals surface area contributed by atoms with E-state index in [1.165, 1.54) is 0 Å². The van der Waals surface area contributed by atoms with E-state index in [0.717, 1.165) is 13.0 Å². The zero-order valence-corrected chi connectivity index (χ0v) is 10.5. The lowest BCUT2D eigenvalue weighted by Gasteiger charge is -2.16. The fraction of sp³-hybridized carbons (Fsp3) is 1.00. The molecule has 0 spiro atoms. The molecule has 2 unspecified atom stereocenters. The molecule has 1 fully saturated rings. The van der Waals surface area contributed by atoms with Gasteiger partial charge in [-0.3, -0.25) is 0 Å². The van der Waals surface area contributed by atoms with Crippen molar-refractivity contribution in [1.29, 1.82) is 0 Å². The molecule has 4 nitrogen and oxygen atoms in total. The van der Waals surface area contributed by atoms with Gasteiger partial charge in [0.1, 0.15) is 0 Å². The van der Waals surface area contributed by atoms with Crippen LogP contribution in [0.1, 0.15) is 27.2 Å². The lowest BCUT2D eigenvalue weighted by molar-refractivity contribution is 0.113. The van der Waals surface area contributed by atoms with Gasteiger partial charge in [0.05, 0.1) is 17.1 Å². The van der Waals surface area contributed by atoms with E-state index in [4.69, 9.17) is 4.74 Å². The van der Waals surface area contributed by atoms with Gasteiger partial charge < -0.3 is 10.1 Å². The molecule has 1 aliphatic heterocycles. The molecule has 2 atom stereocenters. The molecule has 15 heavy (non-hydrogen) atoms. The average molecular weight is 235 g/mol. The summed E-state index contributed by atoms with van der Waals surface area (Å²) < 4.78 is 28.4. The maximum absolute atomic E-state index is 11.5. The molecule has 0 aromatic heterocycles. The third-order valence-corrected chi connectivity index (χ3v) is 5.10. The van der Waals surface area contributed by atoms with E-state index in [1.54, 1.807) is 13.8 Å². The van der Waals surface area contributed by atoms with Crippen molar-refractivity contribution in [1.82, 2.24) is 5.32 Å². The molecule has 0 aliphatic carbocycles. The van der Waals surface area contributed by atoms with Gasteiger partial charge in [-0.1, -0.05) is 0 Å². The molecule has 1 heterocycles. The Balaban J connectivity index is 2.27. The summed E-state index contributed by atoms with van der Waals surface area (Å²) in [4.78, 5) is 0. The number of rotatable bonds is 5. The lowest BCUT2D eigenvalue weighted by Crippen LogP contribution is -2.38. The first-order valence-electron chi connectivity index (χ1n) is 5.50. The van der Waals surface area contributed by atoms with E-state index >= 15 is 0 Å². The minimum Gasteiger partial charge on any atom is -0.377 e. The molecule has 0 saturated carbocycles. The molecule has 0 radical (unpaired) electrons. The topological polar surface area (TPSA) is 55.4 Å². The third-order valence-electron chi connectivity index (χ3n) is 2.89. The van der Waals surface area contributed by atoms with E-state index in [2.05, 4.69) is 5.32 Å². The predicted octanol–water partition coefficient (Wildman–Crippen LogP) is 0.577. The molecule has 0 amide bonds. The maximum Gasteiger partial charge on any atom is 0.153 e. The van der Waals surface area contributed by atoms with Crippen molar-refractivity contribution in [2.24, 2.45) is 0 Å². The Morgan fingerprint density at radius 1 is 1.47 bits per heavy atom. The first-order chi connectivity index (χ1) is 6.93. The van der Waals surface area contributed by atoms with Crippen LogP contribution in [-0.4, -0.2) is 44.7 Å². The molecule has 1 saturated heterocycles. The molecule has 0 aromatic rings. The lowest BCUT2D eigenvalue weighted by atomic mass is 10.2. The van der Waals surface area contributed by atoms with Crippen molar-refractivity contribution in [2.45, 2.75) is 44.6 Å². The Morgan fingerprint density at radius 3 is 2.60 bits per heavy atom. The summed E-state index contributed by atoms with van der Waals surface area (Å²) in [7, 11) is -2.91. The summed E-state index contributed by atoms with van der Waals surface area (Å²) in [6, 6.07) is 0.312. The molecule has 0 bridgehead atoms. The van der Waals surface area contributed by atoms with Crippen LogP contribution in [0.15, 0.2) is 0 Å². The summed E-state index contributed by atoms with van der Waals surface area (Å²) in [5, 5.41) is 2.96. The zero-order valence-electron chi connectivity index (χ0n) is 9.69. The Labute approximate surface area is 92.3 Å². The fourth-order valence-corrected chi connectivity index (χ4v) is 2.50. The van der Waals surface area contributed by atoms with Gasteiger partial charge in [-0.15, -0.1) is 0 Å². The van der Waals surface area contributed by atoms with Crippen molar-refractivity contribution in [2.75, 3.05) is 18.9 Å². The first-order valence-corrected chi connectivity index (χ1v) is 7.21. The van der Waals surface area contributed by atoms with Crippen LogP contribution in [0.2, 0.25) is 0 Å². The van der Waals surface area contributed by atoms with E-state index in [9.17, 15) is 8.42 Å². The van der Waals surface area contributed by atoms with Gasteiger partial charge in [0.25, 0.3) is 0 Å². The Kier molecular flexibility index (Phi) is 4.55. The van der Waals surface area contributed by atoms with Crippen LogP contribution in [0.3, 0.4) is 0 Å². The highest BCUT2D eigenvalue weighted by molar-refractivity contribution is 7.92. The number of sulfone groups is 1. The van der Waals surface area contributed by atoms with Crippen LogP contribution in [0.25, 0.3) is 0 Å².